The summed E-state index contributed by atoms with van der Waals surface area (Å²) in [7, 11) is 0. The molecule has 4 N–H and O–H groups in total. The van der Waals surface area contributed by atoms with Crippen LogP contribution in [0.25, 0.3) is 0 Å². The minimum Gasteiger partial charge on any atom is -0.344 e. The Balaban J connectivity index is 2.35. The molecule has 0 aliphatic carbocycles. The Kier molecular flexibility index (Phi) is 19.0. The van der Waals surface area contributed by atoms with E-state index in [1.807, 2.05) is 71.9 Å². The number of hydrogen-bond acceptors (Lipinski definition) is 8. The summed E-state index contributed by atoms with van der Waals surface area (Å²) in [6.45, 7) is 16.8. The molecule has 6 atom stereocenters. The Labute approximate surface area is 321 Å². The van der Waals surface area contributed by atoms with Crippen LogP contribution in [0.2, 0.25) is 0 Å². The summed E-state index contributed by atoms with van der Waals surface area (Å²) in [5.41, 5.74) is 0.0894. The molecule has 5 amide bonds. The lowest BCUT2D eigenvalue weighted by molar-refractivity contribution is -0.146. The van der Waals surface area contributed by atoms with E-state index in [4.69, 9.17) is 0 Å². The third-order valence-corrected chi connectivity index (χ3v) is 9.69. The van der Waals surface area contributed by atoms with Gasteiger partial charge in [0.25, 0.3) is 11.8 Å². The fourth-order valence-electron chi connectivity index (χ4n) is 6.00. The number of nitrogens with one attached hydrogen (secondary N) is 4. The third-order valence-electron chi connectivity index (χ3n) is 9.69. The minimum atomic E-state index is -1.10. The molecule has 54 heavy (non-hydrogen) atoms. The number of ketones is 1. The molecule has 2 aromatic rings. The second-order valence-electron chi connectivity index (χ2n) is 15.2. The van der Waals surface area contributed by atoms with Crippen LogP contribution in [-0.2, 0) is 24.0 Å². The average molecular weight is 750 g/mol. The van der Waals surface area contributed by atoms with Crippen molar-refractivity contribution < 1.29 is 28.8 Å². The Morgan fingerprint density at radius 1 is 0.778 bits per heavy atom. The van der Waals surface area contributed by atoms with E-state index in [-0.39, 0.29) is 24.6 Å². The Hall–Kier alpha value is -4.68. The van der Waals surface area contributed by atoms with E-state index in [0.717, 1.165) is 31.2 Å². The van der Waals surface area contributed by atoms with Crippen molar-refractivity contribution in [1.82, 2.24) is 36.1 Å². The van der Waals surface area contributed by atoms with Crippen LogP contribution in [0.1, 0.15) is 136 Å². The molecule has 0 spiro atoms. The maximum atomic E-state index is 14.6. The van der Waals surface area contributed by atoms with Gasteiger partial charge in [-0.25, -0.2) is 4.98 Å². The van der Waals surface area contributed by atoms with Gasteiger partial charge in [-0.2, -0.15) is 0 Å². The van der Waals surface area contributed by atoms with E-state index in [1.165, 1.54) is 23.5 Å². The van der Waals surface area contributed by atoms with Gasteiger partial charge >= 0.3 is 0 Å². The molecule has 298 valence electrons. The van der Waals surface area contributed by atoms with E-state index in [1.54, 1.807) is 13.8 Å². The normalized spacial score (nSPS) is 14.7. The number of Topliss-reactive ketones (excluding diaryl/α,β-unsaturated/α-hetero) is 1. The fourth-order valence-corrected chi connectivity index (χ4v) is 6.00. The first kappa shape index (κ1) is 45.5. The molecule has 1 unspecified atom stereocenters. The highest BCUT2D eigenvalue weighted by Crippen LogP contribution is 2.24. The lowest BCUT2D eigenvalue weighted by atomic mass is 9.84. The van der Waals surface area contributed by atoms with Gasteiger partial charge in [-0.15, -0.1) is 0 Å². The van der Waals surface area contributed by atoms with Crippen molar-refractivity contribution in [2.24, 2.45) is 11.3 Å². The van der Waals surface area contributed by atoms with Crippen LogP contribution in [0.3, 0.4) is 0 Å². The van der Waals surface area contributed by atoms with Crippen LogP contribution < -0.4 is 21.3 Å². The van der Waals surface area contributed by atoms with Crippen molar-refractivity contribution in [3.8, 4) is 0 Å². The van der Waals surface area contributed by atoms with E-state index < -0.39 is 70.9 Å². The molecule has 13 heteroatoms. The molecule has 0 aliphatic rings. The second-order valence-corrected chi connectivity index (χ2v) is 15.2. The highest BCUT2D eigenvalue weighted by molar-refractivity contribution is 6.38. The van der Waals surface area contributed by atoms with E-state index >= 15 is 0 Å². The summed E-state index contributed by atoms with van der Waals surface area (Å²) in [5.74, 6) is -4.02. The standard InChI is InChI=1S/C41H63N7O6/c1-10-13-14-15-19-25-48(29(6)36(50)45-31(20-11-2)34(49)39(53)44-28(5)30-21-17-16-18-22-30)40(54)35(41(7,8)9)47-38(52)33(27(4)12-3)46-37(51)32-26-42-23-24-43-32/h16-18,21-24,26-29,31,33,35H,10-15,19-20,25H2,1-9H3,(H,44,53)(H,45,50)(H,46,51)(H,47,52)/t27?,28-,29-,31-,33-,35+/m0/s1. The van der Waals surface area contributed by atoms with Crippen molar-refractivity contribution in [3.05, 3.63) is 60.2 Å². The Bertz CT molecular complexity index is 1510. The van der Waals surface area contributed by atoms with Gasteiger partial charge in [0.1, 0.15) is 23.8 Å². The van der Waals surface area contributed by atoms with Crippen LogP contribution >= 0.6 is 0 Å². The zero-order valence-corrected chi connectivity index (χ0v) is 33.7. The molecule has 0 radical (unpaired) electrons. The number of unbranched alkanes of at least 4 members (excludes halogenated alkanes) is 4. The van der Waals surface area contributed by atoms with Crippen molar-refractivity contribution in [2.45, 2.75) is 144 Å². The van der Waals surface area contributed by atoms with E-state index in [0.29, 0.717) is 19.3 Å². The first-order valence-electron chi connectivity index (χ1n) is 19.4. The zero-order chi connectivity index (χ0) is 40.4. The summed E-state index contributed by atoms with van der Waals surface area (Å²) >= 11 is 0. The highest BCUT2D eigenvalue weighted by atomic mass is 16.2. The molecule has 0 aliphatic heterocycles. The molecule has 1 aromatic heterocycles. The van der Waals surface area contributed by atoms with Crippen molar-refractivity contribution in [1.29, 1.82) is 0 Å². The SMILES string of the molecule is CCCCCCCN(C(=O)[C@@H](NC(=O)[C@@H](NC(=O)c1cnccn1)C(C)CC)C(C)(C)C)[C@@H](C)C(=O)N[C@@H](CCC)C(=O)C(=O)N[C@@H](C)c1ccccc1. The van der Waals surface area contributed by atoms with Gasteiger partial charge in [-0.1, -0.05) is 117 Å². The maximum absolute atomic E-state index is 14.6. The molecular formula is C41H63N7O6. The van der Waals surface area contributed by atoms with E-state index in [2.05, 4.69) is 38.2 Å². The quantitative estimate of drug-likeness (QED) is 0.0952. The fraction of sp³-hybridized carbons (Fsp3) is 0.610. The molecule has 0 saturated carbocycles. The molecular weight excluding hydrogens is 686 g/mol. The third kappa shape index (κ3) is 13.9. The van der Waals surface area contributed by atoms with Crippen molar-refractivity contribution >= 4 is 35.3 Å². The lowest BCUT2D eigenvalue weighted by Crippen LogP contribution is -2.62. The van der Waals surface area contributed by atoms with Gasteiger partial charge in [-0.3, -0.25) is 33.8 Å². The molecule has 0 saturated heterocycles. The first-order valence-corrected chi connectivity index (χ1v) is 19.4. The number of carbonyl (C=O) groups excluding carboxylic acids is 6. The number of carbonyl (C=O) groups is 6. The van der Waals surface area contributed by atoms with E-state index in [9.17, 15) is 28.8 Å². The van der Waals surface area contributed by atoms with Crippen molar-refractivity contribution in [3.63, 3.8) is 0 Å². The maximum Gasteiger partial charge on any atom is 0.290 e. The lowest BCUT2D eigenvalue weighted by Gasteiger charge is -2.38. The van der Waals surface area contributed by atoms with Crippen LogP contribution in [0.15, 0.2) is 48.9 Å². The highest BCUT2D eigenvalue weighted by Gasteiger charge is 2.41. The summed E-state index contributed by atoms with van der Waals surface area (Å²) < 4.78 is 0. The summed E-state index contributed by atoms with van der Waals surface area (Å²) in [6.07, 6.45) is 9.94. The summed E-state index contributed by atoms with van der Waals surface area (Å²) in [6, 6.07) is 4.64. The first-order chi connectivity index (χ1) is 25.6. The van der Waals surface area contributed by atoms with Crippen LogP contribution in [-0.4, -0.2) is 80.9 Å². The van der Waals surface area contributed by atoms with Crippen LogP contribution in [0.4, 0.5) is 0 Å². The predicted octanol–water partition coefficient (Wildman–Crippen LogP) is 5.07. The molecule has 1 heterocycles. The number of amides is 5. The average Bonchev–Trinajstić information content (AvgIpc) is 3.16. The number of rotatable bonds is 22. The van der Waals surface area contributed by atoms with Crippen molar-refractivity contribution in [2.75, 3.05) is 6.54 Å². The number of hydrogen-bond donors (Lipinski definition) is 4. The van der Waals surface area contributed by atoms with Gasteiger partial charge in [0.05, 0.1) is 18.3 Å². The Morgan fingerprint density at radius 3 is 2.02 bits per heavy atom. The van der Waals surface area contributed by atoms with Gasteiger partial charge in [0.2, 0.25) is 23.5 Å². The minimum absolute atomic E-state index is 0.0548. The van der Waals surface area contributed by atoms with Crippen LogP contribution in [0.5, 0.6) is 0 Å². The Morgan fingerprint density at radius 2 is 1.44 bits per heavy atom. The predicted molar refractivity (Wildman–Crippen MR) is 209 cm³/mol. The topological polar surface area (TPSA) is 180 Å². The van der Waals surface area contributed by atoms with Gasteiger partial charge in [-0.05, 0) is 43.6 Å². The summed E-state index contributed by atoms with van der Waals surface area (Å²) in [5, 5.41) is 11.2. The number of aromatic nitrogens is 2. The largest absolute Gasteiger partial charge is 0.344 e. The van der Waals surface area contributed by atoms with Gasteiger partial charge in [0.15, 0.2) is 0 Å². The monoisotopic (exact) mass is 749 g/mol. The smallest absolute Gasteiger partial charge is 0.290 e. The van der Waals surface area contributed by atoms with Gasteiger partial charge in [0, 0.05) is 18.9 Å². The molecule has 13 nitrogen and oxygen atoms in total. The van der Waals surface area contributed by atoms with Crippen LogP contribution in [0, 0.1) is 11.3 Å². The van der Waals surface area contributed by atoms with Gasteiger partial charge < -0.3 is 26.2 Å². The zero-order valence-electron chi connectivity index (χ0n) is 33.7. The molecule has 0 bridgehead atoms. The number of benzene rings is 1. The molecule has 1 aromatic carbocycles. The molecule has 0 fully saturated rings. The number of nitrogens with zero attached hydrogens (tertiary/aromatic N) is 3. The molecule has 2 rings (SSSR count). The summed E-state index contributed by atoms with van der Waals surface area (Å²) in [4.78, 5) is 91.5. The second kappa shape index (κ2) is 22.5.